The predicted octanol–water partition coefficient (Wildman–Crippen LogP) is 1.67. The molecule has 2 aromatic rings. The van der Waals surface area contributed by atoms with Crippen LogP contribution in [0.1, 0.15) is 18.4 Å². The molecule has 2 aromatic heterocycles. The highest BCUT2D eigenvalue weighted by molar-refractivity contribution is 7.71. The molecule has 0 spiro atoms. The summed E-state index contributed by atoms with van der Waals surface area (Å²) in [6, 6.07) is 3.77. The number of pyridine rings is 1. The zero-order valence-electron chi connectivity index (χ0n) is 10.2. The van der Waals surface area contributed by atoms with Gasteiger partial charge in [-0.25, -0.2) is 19.0 Å². The van der Waals surface area contributed by atoms with Crippen molar-refractivity contribution >= 4 is 12.2 Å². The lowest BCUT2D eigenvalue weighted by Gasteiger charge is -2.14. The number of fused-ring (bicyclic) bond motifs is 1. The van der Waals surface area contributed by atoms with Gasteiger partial charge in [0.15, 0.2) is 0 Å². The summed E-state index contributed by atoms with van der Waals surface area (Å²) in [7, 11) is 0. The van der Waals surface area contributed by atoms with Crippen LogP contribution in [0.4, 0.5) is 0 Å². The van der Waals surface area contributed by atoms with E-state index < -0.39 is 0 Å². The average molecular weight is 262 g/mol. The molecule has 0 aromatic carbocycles. The van der Waals surface area contributed by atoms with Gasteiger partial charge in [-0.1, -0.05) is 6.07 Å². The van der Waals surface area contributed by atoms with E-state index in [1.807, 2.05) is 23.7 Å². The molecule has 0 saturated heterocycles. The third-order valence-corrected chi connectivity index (χ3v) is 3.62. The molecule has 0 amide bonds. The van der Waals surface area contributed by atoms with E-state index in [9.17, 15) is 4.79 Å². The van der Waals surface area contributed by atoms with E-state index >= 15 is 0 Å². The molecule has 5 nitrogen and oxygen atoms in total. The van der Waals surface area contributed by atoms with E-state index in [-0.39, 0.29) is 5.69 Å². The molecule has 0 unspecified atom stereocenters. The lowest BCUT2D eigenvalue weighted by molar-refractivity contribution is 0.352. The fourth-order valence-corrected chi connectivity index (χ4v) is 2.62. The molecule has 0 fully saturated rings. The molecule has 3 rings (SSSR count). The van der Waals surface area contributed by atoms with E-state index in [0.717, 1.165) is 31.5 Å². The first-order valence-electron chi connectivity index (χ1n) is 6.04. The molecule has 1 aliphatic heterocycles. The van der Waals surface area contributed by atoms with Crippen molar-refractivity contribution in [2.24, 2.45) is 0 Å². The predicted molar refractivity (Wildman–Crippen MR) is 70.6 cm³/mol. The van der Waals surface area contributed by atoms with Crippen LogP contribution >= 0.6 is 12.2 Å². The van der Waals surface area contributed by atoms with E-state index in [1.165, 1.54) is 4.57 Å². The van der Waals surface area contributed by atoms with Crippen LogP contribution in [-0.2, 0) is 13.1 Å². The molecular formula is C12H14N4OS. The van der Waals surface area contributed by atoms with Crippen molar-refractivity contribution < 1.29 is 0 Å². The van der Waals surface area contributed by atoms with Crippen molar-refractivity contribution in [1.82, 2.24) is 18.9 Å². The molecule has 0 atom stereocenters. The van der Waals surface area contributed by atoms with Crippen LogP contribution in [-0.4, -0.2) is 18.9 Å². The maximum absolute atomic E-state index is 12.3. The maximum Gasteiger partial charge on any atom is 0.351 e. The zero-order chi connectivity index (χ0) is 12.7. The van der Waals surface area contributed by atoms with E-state index in [0.29, 0.717) is 10.6 Å². The summed E-state index contributed by atoms with van der Waals surface area (Å²) in [6.45, 7) is 3.52. The van der Waals surface area contributed by atoms with Crippen LogP contribution in [0, 0.1) is 11.7 Å². The highest BCUT2D eigenvalue weighted by Crippen LogP contribution is 2.10. The topological polar surface area (TPSA) is 44.8 Å². The number of nitrogens with zero attached hydrogens (tertiary/aromatic N) is 4. The minimum atomic E-state index is -0.0870. The van der Waals surface area contributed by atoms with Crippen LogP contribution in [0.25, 0.3) is 5.82 Å². The quantitative estimate of drug-likeness (QED) is 0.734. The standard InChI is InChI=1S/C12H14N4OS/c1-9-4-5-10(13-8-9)16-11(17)14-6-2-3-7-15(14)12(16)18/h4-5,8H,2-3,6-7H2,1H3. The number of hydrogen-bond acceptors (Lipinski definition) is 3. The average Bonchev–Trinajstić information content (AvgIpc) is 2.64. The molecule has 3 heterocycles. The number of aryl methyl sites for hydroxylation is 1. The van der Waals surface area contributed by atoms with Crippen molar-refractivity contribution in [3.63, 3.8) is 0 Å². The van der Waals surface area contributed by atoms with Crippen LogP contribution < -0.4 is 5.69 Å². The smallest absolute Gasteiger partial charge is 0.256 e. The first-order chi connectivity index (χ1) is 8.68. The Labute approximate surface area is 109 Å². The second-order valence-electron chi connectivity index (χ2n) is 4.55. The number of aromatic nitrogens is 4. The Morgan fingerprint density at radius 3 is 2.56 bits per heavy atom. The Hall–Kier alpha value is -1.69. The van der Waals surface area contributed by atoms with E-state index in [1.54, 1.807) is 10.9 Å². The highest BCUT2D eigenvalue weighted by atomic mass is 32.1. The summed E-state index contributed by atoms with van der Waals surface area (Å²) in [5.41, 5.74) is 0.977. The van der Waals surface area contributed by atoms with Gasteiger partial charge in [0, 0.05) is 19.3 Å². The van der Waals surface area contributed by atoms with Crippen LogP contribution in [0.5, 0.6) is 0 Å². The third kappa shape index (κ3) is 1.64. The summed E-state index contributed by atoms with van der Waals surface area (Å²) >= 11 is 5.38. The second-order valence-corrected chi connectivity index (χ2v) is 4.91. The maximum atomic E-state index is 12.3. The van der Waals surface area contributed by atoms with Gasteiger partial charge in [-0.2, -0.15) is 0 Å². The van der Waals surface area contributed by atoms with Crippen molar-refractivity contribution in [2.75, 3.05) is 0 Å². The van der Waals surface area contributed by atoms with E-state index in [2.05, 4.69) is 4.98 Å². The summed E-state index contributed by atoms with van der Waals surface area (Å²) in [5.74, 6) is 0.602. The Balaban J connectivity index is 2.24. The van der Waals surface area contributed by atoms with Gasteiger partial charge in [0.25, 0.3) is 0 Å². The van der Waals surface area contributed by atoms with Gasteiger partial charge < -0.3 is 0 Å². The normalized spacial score (nSPS) is 14.5. The van der Waals surface area contributed by atoms with Gasteiger partial charge >= 0.3 is 5.69 Å². The van der Waals surface area contributed by atoms with E-state index in [4.69, 9.17) is 12.2 Å². The minimum absolute atomic E-state index is 0.0870. The highest BCUT2D eigenvalue weighted by Gasteiger charge is 2.17. The fraction of sp³-hybridized carbons (Fsp3) is 0.417. The summed E-state index contributed by atoms with van der Waals surface area (Å²) in [4.78, 5) is 16.6. The Kier molecular flexibility index (Phi) is 2.66. The van der Waals surface area contributed by atoms with Gasteiger partial charge in [-0.05, 0) is 43.6 Å². The molecule has 0 radical (unpaired) electrons. The SMILES string of the molecule is Cc1ccc(-n2c(=O)n3n(c2=S)CCCC3)nc1. The van der Waals surface area contributed by atoms with Crippen molar-refractivity contribution in [1.29, 1.82) is 0 Å². The summed E-state index contributed by atoms with van der Waals surface area (Å²) in [6.07, 6.45) is 3.84. The monoisotopic (exact) mass is 262 g/mol. The lowest BCUT2D eigenvalue weighted by Crippen LogP contribution is -2.29. The van der Waals surface area contributed by atoms with Crippen LogP contribution in [0.2, 0.25) is 0 Å². The van der Waals surface area contributed by atoms with Gasteiger partial charge in [-0.15, -0.1) is 0 Å². The largest absolute Gasteiger partial charge is 0.351 e. The molecule has 6 heteroatoms. The Bertz CT molecular complexity index is 655. The van der Waals surface area contributed by atoms with Gasteiger partial charge in [0.2, 0.25) is 4.77 Å². The third-order valence-electron chi connectivity index (χ3n) is 3.23. The summed E-state index contributed by atoms with van der Waals surface area (Å²) < 4.78 is 5.65. The molecule has 1 aliphatic rings. The first-order valence-corrected chi connectivity index (χ1v) is 6.45. The fourth-order valence-electron chi connectivity index (χ4n) is 2.26. The van der Waals surface area contributed by atoms with Crippen molar-refractivity contribution in [3.05, 3.63) is 39.1 Å². The second kappa shape index (κ2) is 4.20. The van der Waals surface area contributed by atoms with Gasteiger partial charge in [0.1, 0.15) is 5.82 Å². The molecule has 0 aliphatic carbocycles. The molecule has 18 heavy (non-hydrogen) atoms. The van der Waals surface area contributed by atoms with Crippen molar-refractivity contribution in [3.8, 4) is 5.82 Å². The lowest BCUT2D eigenvalue weighted by atomic mass is 10.3. The van der Waals surface area contributed by atoms with Gasteiger partial charge in [-0.3, -0.25) is 4.68 Å². The number of hydrogen-bond donors (Lipinski definition) is 0. The minimum Gasteiger partial charge on any atom is -0.256 e. The Morgan fingerprint density at radius 2 is 1.94 bits per heavy atom. The van der Waals surface area contributed by atoms with Gasteiger partial charge in [0.05, 0.1) is 0 Å². The summed E-state index contributed by atoms with van der Waals surface area (Å²) in [5, 5.41) is 0. The molecule has 0 bridgehead atoms. The van der Waals surface area contributed by atoms with Crippen LogP contribution in [0.3, 0.4) is 0 Å². The Morgan fingerprint density at radius 1 is 1.22 bits per heavy atom. The number of rotatable bonds is 1. The molecule has 0 N–H and O–H groups in total. The molecule has 94 valence electrons. The molecular weight excluding hydrogens is 248 g/mol. The first kappa shape index (κ1) is 11.4. The van der Waals surface area contributed by atoms with Crippen molar-refractivity contribution in [2.45, 2.75) is 32.9 Å². The zero-order valence-corrected chi connectivity index (χ0v) is 11.0. The van der Waals surface area contributed by atoms with Crippen LogP contribution in [0.15, 0.2) is 23.1 Å². The molecule has 0 saturated carbocycles.